The number of H-pyrrole nitrogens is 1. The number of nitrogens with one attached hydrogen (secondary N) is 1. The second-order valence-corrected chi connectivity index (χ2v) is 4.37. The molecule has 1 heterocycles. The third kappa shape index (κ3) is 2.06. The average molecular weight is 253 g/mol. The maximum Gasteiger partial charge on any atom is 0.178 e. The van der Waals surface area contributed by atoms with Gasteiger partial charge in [-0.15, -0.1) is 0 Å². The summed E-state index contributed by atoms with van der Waals surface area (Å²) in [6.07, 6.45) is 5.15. The molecule has 2 rings (SSSR count). The van der Waals surface area contributed by atoms with Gasteiger partial charge >= 0.3 is 0 Å². The Morgan fingerprint density at radius 2 is 2.31 bits per heavy atom. The number of fused-ring (bicyclic) bond motifs is 1. The smallest absolute Gasteiger partial charge is 0.178 e. The van der Waals surface area contributed by atoms with Crippen molar-refractivity contribution in [3.05, 3.63) is 40.1 Å². The summed E-state index contributed by atoms with van der Waals surface area (Å²) in [5.41, 5.74) is 2.00. The standard InChI is InChI=1S/C12H13ClN2S/c1-2-3-4-8-15-10-7-5-6-9(13)11(10)14-12(15)16/h2-3,5-7H,4,8H2,1H3,(H,14,16)/b3-2+. The van der Waals surface area contributed by atoms with Gasteiger partial charge in [-0.05, 0) is 37.7 Å². The van der Waals surface area contributed by atoms with Gasteiger partial charge in [0.05, 0.1) is 16.1 Å². The lowest BCUT2D eigenvalue weighted by molar-refractivity contribution is 0.720. The third-order valence-corrected chi connectivity index (χ3v) is 3.15. The number of aryl methyl sites for hydroxylation is 1. The van der Waals surface area contributed by atoms with Gasteiger partial charge in [0.25, 0.3) is 0 Å². The number of hydrogen-bond acceptors (Lipinski definition) is 1. The zero-order valence-electron chi connectivity index (χ0n) is 9.03. The van der Waals surface area contributed by atoms with Crippen LogP contribution in [-0.2, 0) is 6.54 Å². The molecule has 84 valence electrons. The number of imidazole rings is 1. The molecule has 1 aromatic heterocycles. The molecule has 1 N–H and O–H groups in total. The molecule has 0 saturated heterocycles. The van der Waals surface area contributed by atoms with Gasteiger partial charge < -0.3 is 9.55 Å². The van der Waals surface area contributed by atoms with E-state index in [0.717, 1.165) is 28.8 Å². The van der Waals surface area contributed by atoms with Crippen LogP contribution >= 0.6 is 23.8 Å². The Hall–Kier alpha value is -1.06. The number of para-hydroxylation sites is 1. The first kappa shape index (κ1) is 11.4. The highest BCUT2D eigenvalue weighted by atomic mass is 35.5. The molecule has 0 aliphatic rings. The summed E-state index contributed by atoms with van der Waals surface area (Å²) in [5.74, 6) is 0. The second kappa shape index (κ2) is 4.85. The summed E-state index contributed by atoms with van der Waals surface area (Å²) < 4.78 is 2.81. The molecule has 0 atom stereocenters. The second-order valence-electron chi connectivity index (χ2n) is 3.57. The van der Waals surface area contributed by atoms with Crippen LogP contribution in [0.2, 0.25) is 5.02 Å². The summed E-state index contributed by atoms with van der Waals surface area (Å²) in [5, 5.41) is 0.716. The van der Waals surface area contributed by atoms with Crippen molar-refractivity contribution in [2.45, 2.75) is 19.9 Å². The number of hydrogen-bond donors (Lipinski definition) is 1. The highest BCUT2D eigenvalue weighted by molar-refractivity contribution is 7.71. The fourth-order valence-corrected chi connectivity index (χ4v) is 2.25. The van der Waals surface area contributed by atoms with Gasteiger partial charge in [-0.25, -0.2) is 0 Å². The first-order valence-corrected chi connectivity index (χ1v) is 6.01. The van der Waals surface area contributed by atoms with Crippen LogP contribution in [0, 0.1) is 4.77 Å². The lowest BCUT2D eigenvalue weighted by Gasteiger charge is -2.01. The lowest BCUT2D eigenvalue weighted by Crippen LogP contribution is -1.96. The fourth-order valence-electron chi connectivity index (χ4n) is 1.74. The van der Waals surface area contributed by atoms with Crippen LogP contribution in [0.3, 0.4) is 0 Å². The zero-order valence-corrected chi connectivity index (χ0v) is 10.6. The number of aromatic amines is 1. The van der Waals surface area contributed by atoms with E-state index >= 15 is 0 Å². The Labute approximate surface area is 105 Å². The Kier molecular flexibility index (Phi) is 3.46. The van der Waals surface area contributed by atoms with Crippen LogP contribution in [0.15, 0.2) is 30.4 Å². The lowest BCUT2D eigenvalue weighted by atomic mass is 10.3. The summed E-state index contributed by atoms with van der Waals surface area (Å²) in [4.78, 5) is 3.14. The minimum atomic E-state index is 0.716. The maximum absolute atomic E-state index is 6.10. The van der Waals surface area contributed by atoms with Crippen molar-refractivity contribution in [2.24, 2.45) is 0 Å². The van der Waals surface area contributed by atoms with Crippen molar-refractivity contribution in [1.82, 2.24) is 9.55 Å². The van der Waals surface area contributed by atoms with Crippen molar-refractivity contribution in [1.29, 1.82) is 0 Å². The first-order chi connectivity index (χ1) is 7.74. The largest absolute Gasteiger partial charge is 0.329 e. The molecule has 0 aliphatic heterocycles. The van der Waals surface area contributed by atoms with E-state index < -0.39 is 0 Å². The molecule has 2 nitrogen and oxygen atoms in total. The van der Waals surface area contributed by atoms with E-state index in [1.165, 1.54) is 0 Å². The van der Waals surface area contributed by atoms with E-state index in [0.29, 0.717) is 5.02 Å². The van der Waals surface area contributed by atoms with Crippen LogP contribution in [0.4, 0.5) is 0 Å². The van der Waals surface area contributed by atoms with Gasteiger partial charge in [-0.2, -0.15) is 0 Å². The summed E-state index contributed by atoms with van der Waals surface area (Å²) in [7, 11) is 0. The van der Waals surface area contributed by atoms with Gasteiger partial charge in [0, 0.05) is 6.54 Å². The molecule has 0 radical (unpaired) electrons. The SMILES string of the molecule is C/C=C/CCn1c(=S)[nH]c2c(Cl)cccc21. The highest BCUT2D eigenvalue weighted by Gasteiger charge is 2.05. The van der Waals surface area contributed by atoms with Crippen molar-refractivity contribution < 1.29 is 0 Å². The van der Waals surface area contributed by atoms with Crippen molar-refractivity contribution >= 4 is 34.9 Å². The van der Waals surface area contributed by atoms with Crippen LogP contribution in [0.5, 0.6) is 0 Å². The van der Waals surface area contributed by atoms with Crippen LogP contribution in [0.1, 0.15) is 13.3 Å². The topological polar surface area (TPSA) is 20.7 Å². The average Bonchev–Trinajstić information content (AvgIpc) is 2.58. The van der Waals surface area contributed by atoms with E-state index in [1.807, 2.05) is 31.2 Å². The summed E-state index contributed by atoms with van der Waals surface area (Å²) >= 11 is 11.4. The van der Waals surface area contributed by atoms with Crippen molar-refractivity contribution in [3.63, 3.8) is 0 Å². The Morgan fingerprint density at radius 1 is 1.50 bits per heavy atom. The molecule has 4 heteroatoms. The number of halogens is 1. The monoisotopic (exact) mass is 252 g/mol. The van der Waals surface area contributed by atoms with Gasteiger partial charge in [-0.1, -0.05) is 29.8 Å². The molecule has 2 aromatic rings. The van der Waals surface area contributed by atoms with Gasteiger partial charge in [-0.3, -0.25) is 0 Å². The number of rotatable bonds is 3. The van der Waals surface area contributed by atoms with Crippen LogP contribution < -0.4 is 0 Å². The zero-order chi connectivity index (χ0) is 11.5. The van der Waals surface area contributed by atoms with Crippen molar-refractivity contribution in [2.75, 3.05) is 0 Å². The number of allylic oxidation sites excluding steroid dienone is 2. The van der Waals surface area contributed by atoms with Crippen LogP contribution in [-0.4, -0.2) is 9.55 Å². The molecule has 16 heavy (non-hydrogen) atoms. The minimum Gasteiger partial charge on any atom is -0.329 e. The first-order valence-electron chi connectivity index (χ1n) is 5.22. The van der Waals surface area contributed by atoms with E-state index in [2.05, 4.69) is 15.6 Å². The minimum absolute atomic E-state index is 0.716. The van der Waals surface area contributed by atoms with E-state index in [-0.39, 0.29) is 0 Å². The Bertz CT molecular complexity index is 580. The summed E-state index contributed by atoms with van der Waals surface area (Å²) in [6.45, 7) is 2.90. The van der Waals surface area contributed by atoms with Gasteiger partial charge in [0.15, 0.2) is 4.77 Å². The number of benzene rings is 1. The molecule has 0 aliphatic carbocycles. The maximum atomic E-state index is 6.10. The predicted octanol–water partition coefficient (Wildman–Crippen LogP) is 4.32. The molecule has 0 spiro atoms. The summed E-state index contributed by atoms with van der Waals surface area (Å²) in [6, 6.07) is 5.84. The van der Waals surface area contributed by atoms with E-state index in [9.17, 15) is 0 Å². The number of nitrogens with zero attached hydrogens (tertiary/aromatic N) is 1. The van der Waals surface area contributed by atoms with Gasteiger partial charge in [0.1, 0.15) is 0 Å². The molecular formula is C12H13ClN2S. The van der Waals surface area contributed by atoms with E-state index in [1.54, 1.807) is 0 Å². The molecule has 1 aromatic carbocycles. The predicted molar refractivity (Wildman–Crippen MR) is 71.6 cm³/mol. The molecular weight excluding hydrogens is 240 g/mol. The molecule has 0 bridgehead atoms. The fraction of sp³-hybridized carbons (Fsp3) is 0.250. The number of aromatic nitrogens is 2. The Balaban J connectivity index is 2.48. The van der Waals surface area contributed by atoms with Gasteiger partial charge in [0.2, 0.25) is 0 Å². The molecule has 0 unspecified atom stereocenters. The Morgan fingerprint density at radius 3 is 3.06 bits per heavy atom. The molecule has 0 fully saturated rings. The normalized spacial score (nSPS) is 11.6. The molecule has 0 amide bonds. The van der Waals surface area contributed by atoms with Crippen molar-refractivity contribution in [3.8, 4) is 0 Å². The quantitative estimate of drug-likeness (QED) is 0.637. The third-order valence-electron chi connectivity index (χ3n) is 2.51. The van der Waals surface area contributed by atoms with E-state index in [4.69, 9.17) is 23.8 Å². The van der Waals surface area contributed by atoms with Crippen LogP contribution in [0.25, 0.3) is 11.0 Å². The highest BCUT2D eigenvalue weighted by Crippen LogP contribution is 2.22. The molecule has 0 saturated carbocycles.